The van der Waals surface area contributed by atoms with Gasteiger partial charge in [0.25, 0.3) is 5.91 Å². The Kier molecular flexibility index (Phi) is 7.21. The van der Waals surface area contributed by atoms with Crippen LogP contribution in [-0.4, -0.2) is 36.0 Å². The van der Waals surface area contributed by atoms with Crippen LogP contribution in [0.3, 0.4) is 0 Å². The minimum absolute atomic E-state index is 0.00267. The maximum atomic E-state index is 12.6. The molecule has 2 aromatic carbocycles. The van der Waals surface area contributed by atoms with Crippen LogP contribution in [0.2, 0.25) is 0 Å². The highest BCUT2D eigenvalue weighted by Gasteiger charge is 2.20. The van der Waals surface area contributed by atoms with E-state index < -0.39 is 5.97 Å². The van der Waals surface area contributed by atoms with E-state index in [1.165, 1.54) is 0 Å². The lowest BCUT2D eigenvalue weighted by Gasteiger charge is -2.26. The summed E-state index contributed by atoms with van der Waals surface area (Å²) in [6.07, 6.45) is 0. The Labute approximate surface area is 154 Å². The van der Waals surface area contributed by atoms with Crippen LogP contribution < -0.4 is 4.74 Å². The molecule has 0 N–H and O–H groups in total. The van der Waals surface area contributed by atoms with Gasteiger partial charge in [0.1, 0.15) is 11.3 Å². The summed E-state index contributed by atoms with van der Waals surface area (Å²) in [6, 6.07) is 16.6. The lowest BCUT2D eigenvalue weighted by atomic mass is 10.2. The van der Waals surface area contributed by atoms with E-state index >= 15 is 0 Å². The zero-order valence-electron chi connectivity index (χ0n) is 15.5. The van der Waals surface area contributed by atoms with Crippen LogP contribution in [0.5, 0.6) is 5.75 Å². The van der Waals surface area contributed by atoms with Crippen LogP contribution in [-0.2, 0) is 16.1 Å². The third-order valence-electron chi connectivity index (χ3n) is 3.87. The van der Waals surface area contributed by atoms with Crippen LogP contribution in [0.15, 0.2) is 54.6 Å². The van der Waals surface area contributed by atoms with Gasteiger partial charge in [-0.2, -0.15) is 0 Å². The van der Waals surface area contributed by atoms with Crippen molar-refractivity contribution in [3.8, 4) is 5.75 Å². The van der Waals surface area contributed by atoms with Gasteiger partial charge in [0, 0.05) is 12.6 Å². The first-order valence-corrected chi connectivity index (χ1v) is 8.75. The number of ether oxygens (including phenoxy) is 2. The normalized spacial score (nSPS) is 10.5. The number of rotatable bonds is 8. The van der Waals surface area contributed by atoms with Crippen molar-refractivity contribution in [3.63, 3.8) is 0 Å². The van der Waals surface area contributed by atoms with E-state index in [0.717, 1.165) is 5.56 Å². The summed E-state index contributed by atoms with van der Waals surface area (Å²) in [7, 11) is 0. The second-order valence-corrected chi connectivity index (χ2v) is 6.11. The van der Waals surface area contributed by atoms with Crippen LogP contribution in [0, 0.1) is 0 Å². The highest BCUT2D eigenvalue weighted by molar-refractivity contribution is 5.94. The molecule has 5 heteroatoms. The van der Waals surface area contributed by atoms with E-state index in [4.69, 9.17) is 9.47 Å². The van der Waals surface area contributed by atoms with Gasteiger partial charge in [0.2, 0.25) is 0 Å². The van der Waals surface area contributed by atoms with Crippen molar-refractivity contribution < 1.29 is 19.1 Å². The van der Waals surface area contributed by atoms with Crippen LogP contribution in [0.4, 0.5) is 0 Å². The molecule has 0 aromatic heterocycles. The summed E-state index contributed by atoms with van der Waals surface area (Å²) < 4.78 is 10.7. The number of para-hydroxylation sites is 1. The Morgan fingerprint density at radius 1 is 1.00 bits per heavy atom. The lowest BCUT2D eigenvalue weighted by molar-refractivity contribution is -0.136. The number of carbonyl (C=O) groups is 2. The number of hydrogen-bond acceptors (Lipinski definition) is 4. The molecule has 0 aliphatic heterocycles. The van der Waals surface area contributed by atoms with Gasteiger partial charge in [-0.3, -0.25) is 4.79 Å². The molecular weight excluding hydrogens is 330 g/mol. The van der Waals surface area contributed by atoms with Gasteiger partial charge in [-0.1, -0.05) is 42.5 Å². The molecule has 0 fully saturated rings. The quantitative estimate of drug-likeness (QED) is 0.678. The molecular formula is C21H25NO4. The van der Waals surface area contributed by atoms with Crippen molar-refractivity contribution in [3.05, 3.63) is 65.7 Å². The maximum absolute atomic E-state index is 12.6. The molecule has 0 saturated heterocycles. The first-order valence-electron chi connectivity index (χ1n) is 8.75. The Morgan fingerprint density at radius 3 is 2.31 bits per heavy atom. The smallest absolute Gasteiger partial charge is 0.342 e. The fourth-order valence-electron chi connectivity index (χ4n) is 2.54. The van der Waals surface area contributed by atoms with Gasteiger partial charge < -0.3 is 14.4 Å². The molecule has 138 valence electrons. The summed E-state index contributed by atoms with van der Waals surface area (Å²) in [4.78, 5) is 26.6. The average Bonchev–Trinajstić information content (AvgIpc) is 2.65. The highest BCUT2D eigenvalue weighted by Crippen LogP contribution is 2.19. The van der Waals surface area contributed by atoms with E-state index in [0.29, 0.717) is 24.5 Å². The van der Waals surface area contributed by atoms with E-state index in [2.05, 4.69) is 0 Å². The third-order valence-corrected chi connectivity index (χ3v) is 3.87. The number of amides is 1. The van der Waals surface area contributed by atoms with E-state index in [1.807, 2.05) is 51.1 Å². The monoisotopic (exact) mass is 355 g/mol. The Balaban J connectivity index is 2.00. The molecule has 0 bridgehead atoms. The van der Waals surface area contributed by atoms with E-state index in [1.54, 1.807) is 29.2 Å². The average molecular weight is 355 g/mol. The standard InChI is InChI=1S/C21H25NO4/c1-4-25-19-13-9-8-12-18(19)21(24)26-15-20(23)22(16(2)3)14-17-10-6-5-7-11-17/h5-13,16H,4,14-15H2,1-3H3. The second-order valence-electron chi connectivity index (χ2n) is 6.11. The fraction of sp³-hybridized carbons (Fsp3) is 0.333. The summed E-state index contributed by atoms with van der Waals surface area (Å²) in [5.41, 5.74) is 1.35. The molecule has 0 aliphatic carbocycles. The van der Waals surface area contributed by atoms with Crippen molar-refractivity contribution in [2.75, 3.05) is 13.2 Å². The molecule has 26 heavy (non-hydrogen) atoms. The van der Waals surface area contributed by atoms with Crippen molar-refractivity contribution in [1.29, 1.82) is 0 Å². The number of esters is 1. The SMILES string of the molecule is CCOc1ccccc1C(=O)OCC(=O)N(Cc1ccccc1)C(C)C. The second kappa shape index (κ2) is 9.61. The number of hydrogen-bond donors (Lipinski definition) is 0. The molecule has 0 unspecified atom stereocenters. The van der Waals surface area contributed by atoms with Gasteiger partial charge in [0.05, 0.1) is 6.61 Å². The largest absolute Gasteiger partial charge is 0.493 e. The van der Waals surface area contributed by atoms with Crippen LogP contribution in [0.1, 0.15) is 36.7 Å². The molecule has 0 radical (unpaired) electrons. The highest BCUT2D eigenvalue weighted by atomic mass is 16.5. The first kappa shape index (κ1) is 19.5. The molecule has 1 amide bonds. The third kappa shape index (κ3) is 5.34. The van der Waals surface area contributed by atoms with Crippen molar-refractivity contribution in [1.82, 2.24) is 4.90 Å². The first-order chi connectivity index (χ1) is 12.5. The lowest BCUT2D eigenvalue weighted by Crippen LogP contribution is -2.39. The van der Waals surface area contributed by atoms with Crippen molar-refractivity contribution in [2.24, 2.45) is 0 Å². The zero-order chi connectivity index (χ0) is 18.9. The summed E-state index contributed by atoms with van der Waals surface area (Å²) >= 11 is 0. The predicted octanol–water partition coefficient (Wildman–Crippen LogP) is 3.68. The fourth-order valence-corrected chi connectivity index (χ4v) is 2.54. The maximum Gasteiger partial charge on any atom is 0.342 e. The van der Waals surface area contributed by atoms with Gasteiger partial charge in [-0.15, -0.1) is 0 Å². The number of nitrogens with zero attached hydrogens (tertiary/aromatic N) is 1. The van der Waals surface area contributed by atoms with Crippen LogP contribution in [0.25, 0.3) is 0 Å². The zero-order valence-corrected chi connectivity index (χ0v) is 15.5. The molecule has 2 aromatic rings. The molecule has 0 atom stereocenters. The minimum atomic E-state index is -0.564. The predicted molar refractivity (Wildman–Crippen MR) is 100 cm³/mol. The topological polar surface area (TPSA) is 55.8 Å². The van der Waals surface area contributed by atoms with E-state index in [-0.39, 0.29) is 18.6 Å². The molecule has 0 spiro atoms. The number of benzene rings is 2. The molecule has 5 nitrogen and oxygen atoms in total. The molecule has 0 saturated carbocycles. The summed E-state index contributed by atoms with van der Waals surface area (Å²) in [5, 5.41) is 0. The van der Waals surface area contributed by atoms with Crippen LogP contribution >= 0.6 is 0 Å². The summed E-state index contributed by atoms with van der Waals surface area (Å²) in [6.45, 7) is 6.34. The minimum Gasteiger partial charge on any atom is -0.493 e. The van der Waals surface area contributed by atoms with Gasteiger partial charge in [-0.05, 0) is 38.5 Å². The summed E-state index contributed by atoms with van der Waals surface area (Å²) in [5.74, 6) is -0.339. The van der Waals surface area contributed by atoms with Gasteiger partial charge >= 0.3 is 5.97 Å². The van der Waals surface area contributed by atoms with E-state index in [9.17, 15) is 9.59 Å². The molecule has 0 aliphatic rings. The Bertz CT molecular complexity index is 728. The van der Waals surface area contributed by atoms with Crippen molar-refractivity contribution >= 4 is 11.9 Å². The molecule has 0 heterocycles. The Hall–Kier alpha value is -2.82. The van der Waals surface area contributed by atoms with Gasteiger partial charge in [-0.25, -0.2) is 4.79 Å². The van der Waals surface area contributed by atoms with Crippen molar-refractivity contribution in [2.45, 2.75) is 33.4 Å². The number of carbonyl (C=O) groups excluding carboxylic acids is 2. The molecule has 2 rings (SSSR count). The Morgan fingerprint density at radius 2 is 1.65 bits per heavy atom. The van der Waals surface area contributed by atoms with Gasteiger partial charge in [0.15, 0.2) is 6.61 Å².